The summed E-state index contributed by atoms with van der Waals surface area (Å²) in [5, 5.41) is 7.26. The fourth-order valence-electron chi connectivity index (χ4n) is 5.76. The highest BCUT2D eigenvalue weighted by atomic mass is 16.6. The van der Waals surface area contributed by atoms with Crippen LogP contribution in [0, 0.1) is 0 Å². The van der Waals surface area contributed by atoms with E-state index < -0.39 is 29.1 Å². The van der Waals surface area contributed by atoms with Crippen molar-refractivity contribution < 1.29 is 19.1 Å². The first kappa shape index (κ1) is 39.1. The highest BCUT2D eigenvalue weighted by Gasteiger charge is 2.36. The van der Waals surface area contributed by atoms with Crippen molar-refractivity contribution >= 4 is 28.8 Å². The minimum atomic E-state index is -1.10. The summed E-state index contributed by atoms with van der Waals surface area (Å²) in [5.74, 6) is -0.315. The number of benzene rings is 2. The van der Waals surface area contributed by atoms with Crippen LogP contribution in [0.1, 0.15) is 82.6 Å². The third-order valence-electron chi connectivity index (χ3n) is 8.83. The number of likely N-dealkylation sites (N-methyl/N-ethyl adjacent to an activating group) is 1. The first-order valence-electron chi connectivity index (χ1n) is 17.8. The lowest BCUT2D eigenvalue weighted by molar-refractivity contribution is -0.159. The number of unbranched alkanes of at least 4 members (excludes halogenated alkanes) is 1. The molecule has 0 aliphatic rings. The topological polar surface area (TPSA) is 161 Å². The van der Waals surface area contributed by atoms with Crippen molar-refractivity contribution in [3.05, 3.63) is 89.6 Å². The summed E-state index contributed by atoms with van der Waals surface area (Å²) in [6.45, 7) is 11.1. The molecule has 4 rings (SSSR count). The number of fused-ring (bicyclic) bond motifs is 1. The molecule has 0 saturated heterocycles. The van der Waals surface area contributed by atoms with Crippen LogP contribution in [0.3, 0.4) is 0 Å². The molecule has 2 heterocycles. The number of hydrogen-bond donors (Lipinski definition) is 5. The van der Waals surface area contributed by atoms with Gasteiger partial charge >= 0.3 is 12.0 Å². The Kier molecular flexibility index (Phi) is 13.4. The Labute approximate surface area is 301 Å². The lowest BCUT2D eigenvalue weighted by atomic mass is 9.88. The molecular weight excluding hydrogens is 644 g/mol. The SMILES string of the molecule is CN(C)CCN(Cc1ccccc1)C(=O)NC(Cc1c[nH]c2ccccc12)c1ncc(C(C)(C)C(=O)NC(CCCCN)C(=O)OC(C)(C)C)[nH]1. The number of imidazole rings is 1. The van der Waals surface area contributed by atoms with Crippen molar-refractivity contribution in [1.82, 2.24) is 35.4 Å². The van der Waals surface area contributed by atoms with Crippen LogP contribution in [0.4, 0.5) is 4.79 Å². The number of rotatable bonds is 17. The smallest absolute Gasteiger partial charge is 0.329 e. The number of carbonyl (C=O) groups excluding carboxylic acids is 3. The Morgan fingerprint density at radius 1 is 0.941 bits per heavy atom. The van der Waals surface area contributed by atoms with E-state index >= 15 is 0 Å². The molecule has 0 bridgehead atoms. The number of aromatic amines is 2. The van der Waals surface area contributed by atoms with Crippen molar-refractivity contribution in [3.63, 3.8) is 0 Å². The zero-order valence-electron chi connectivity index (χ0n) is 31.2. The maximum absolute atomic E-state index is 14.1. The molecule has 0 radical (unpaired) electrons. The van der Waals surface area contributed by atoms with E-state index in [1.54, 1.807) is 45.7 Å². The molecule has 276 valence electrons. The number of aromatic nitrogens is 3. The summed E-state index contributed by atoms with van der Waals surface area (Å²) in [5.41, 5.74) is 7.49. The molecule has 2 aromatic carbocycles. The minimum Gasteiger partial charge on any atom is -0.458 e. The Bertz CT molecular complexity index is 1720. The molecule has 12 heteroatoms. The average molecular weight is 701 g/mol. The molecule has 2 unspecified atom stereocenters. The van der Waals surface area contributed by atoms with E-state index in [-0.39, 0.29) is 11.9 Å². The molecule has 2 aromatic heterocycles. The minimum absolute atomic E-state index is 0.224. The molecular formula is C39H56N8O4. The monoisotopic (exact) mass is 700 g/mol. The van der Waals surface area contributed by atoms with Gasteiger partial charge in [0.05, 0.1) is 11.5 Å². The molecule has 3 amide bonds. The van der Waals surface area contributed by atoms with Gasteiger partial charge in [-0.3, -0.25) is 4.79 Å². The van der Waals surface area contributed by atoms with Crippen molar-refractivity contribution in [2.75, 3.05) is 33.7 Å². The third-order valence-corrected chi connectivity index (χ3v) is 8.83. The van der Waals surface area contributed by atoms with Gasteiger partial charge in [-0.05, 0) is 91.7 Å². The van der Waals surface area contributed by atoms with Gasteiger partial charge in [-0.2, -0.15) is 0 Å². The molecule has 0 spiro atoms. The van der Waals surface area contributed by atoms with Crippen LogP contribution in [0.2, 0.25) is 0 Å². The highest BCUT2D eigenvalue weighted by Crippen LogP contribution is 2.28. The van der Waals surface area contributed by atoms with Crippen molar-refractivity contribution in [2.24, 2.45) is 5.73 Å². The van der Waals surface area contributed by atoms with Gasteiger partial charge in [0, 0.05) is 55.0 Å². The number of urea groups is 1. The molecule has 6 N–H and O–H groups in total. The predicted octanol–water partition coefficient (Wildman–Crippen LogP) is 5.18. The van der Waals surface area contributed by atoms with E-state index in [0.717, 1.165) is 28.5 Å². The number of nitrogens with zero attached hydrogens (tertiary/aromatic N) is 3. The van der Waals surface area contributed by atoms with E-state index in [1.807, 2.05) is 73.7 Å². The maximum Gasteiger partial charge on any atom is 0.329 e. The zero-order chi connectivity index (χ0) is 37.2. The fraction of sp³-hybridized carbons (Fsp3) is 0.487. The fourth-order valence-corrected chi connectivity index (χ4v) is 5.76. The Hall–Kier alpha value is -4.68. The summed E-state index contributed by atoms with van der Waals surface area (Å²) in [4.78, 5) is 56.3. The number of ether oxygens (including phenoxy) is 1. The van der Waals surface area contributed by atoms with Crippen LogP contribution in [0.15, 0.2) is 67.0 Å². The highest BCUT2D eigenvalue weighted by molar-refractivity contribution is 5.91. The van der Waals surface area contributed by atoms with E-state index in [0.29, 0.717) is 57.0 Å². The molecule has 2 atom stereocenters. The van der Waals surface area contributed by atoms with E-state index in [9.17, 15) is 14.4 Å². The number of nitrogens with one attached hydrogen (secondary N) is 4. The molecule has 12 nitrogen and oxygen atoms in total. The van der Waals surface area contributed by atoms with E-state index in [1.165, 1.54) is 0 Å². The Balaban J connectivity index is 1.61. The van der Waals surface area contributed by atoms with Crippen LogP contribution >= 0.6 is 0 Å². The molecule has 0 saturated carbocycles. The predicted molar refractivity (Wildman–Crippen MR) is 201 cm³/mol. The number of hydrogen-bond acceptors (Lipinski definition) is 7. The second kappa shape index (κ2) is 17.5. The van der Waals surface area contributed by atoms with Gasteiger partial charge in [0.2, 0.25) is 5.91 Å². The van der Waals surface area contributed by atoms with E-state index in [2.05, 4.69) is 26.7 Å². The molecule has 0 aliphatic heterocycles. The summed E-state index contributed by atoms with van der Waals surface area (Å²) in [7, 11) is 3.97. The van der Waals surface area contributed by atoms with Gasteiger partial charge in [0.1, 0.15) is 17.5 Å². The average Bonchev–Trinajstić information content (AvgIpc) is 3.74. The Morgan fingerprint density at radius 3 is 2.33 bits per heavy atom. The maximum atomic E-state index is 14.1. The number of nitrogens with two attached hydrogens (primary N) is 1. The molecule has 0 fully saturated rings. The summed E-state index contributed by atoms with van der Waals surface area (Å²) in [6, 6.07) is 16.4. The van der Waals surface area contributed by atoms with Gasteiger partial charge in [0.25, 0.3) is 0 Å². The quantitative estimate of drug-likeness (QED) is 0.0749. The lowest BCUT2D eigenvalue weighted by Gasteiger charge is -2.28. The van der Waals surface area contributed by atoms with Crippen LogP contribution in [-0.2, 0) is 32.7 Å². The van der Waals surface area contributed by atoms with Crippen molar-refractivity contribution in [2.45, 2.75) is 89.9 Å². The van der Waals surface area contributed by atoms with Gasteiger partial charge < -0.3 is 40.9 Å². The van der Waals surface area contributed by atoms with Gasteiger partial charge in [-0.25, -0.2) is 14.6 Å². The van der Waals surface area contributed by atoms with Crippen LogP contribution in [0.25, 0.3) is 10.9 Å². The Morgan fingerprint density at radius 2 is 1.65 bits per heavy atom. The molecule has 4 aromatic rings. The largest absolute Gasteiger partial charge is 0.458 e. The number of H-pyrrole nitrogens is 2. The standard InChI is InChI=1S/C39H56N8O4/c1-38(2,3)51-35(48)31(19-13-14-20-40)43-36(49)39(4,5)33-25-42-34(45-33)32(23-28-24-41-30-18-12-11-17-29(28)30)44-37(50)47(22-21-46(6)7)26-27-15-9-8-10-16-27/h8-12,15-18,24-25,31-32,41H,13-14,19-23,26,40H2,1-7H3,(H,42,45)(H,43,49)(H,44,50). The summed E-state index contributed by atoms with van der Waals surface area (Å²) in [6.07, 6.45) is 5.84. The number of esters is 1. The van der Waals surface area contributed by atoms with Crippen LogP contribution < -0.4 is 16.4 Å². The summed E-state index contributed by atoms with van der Waals surface area (Å²) >= 11 is 0. The molecule has 0 aliphatic carbocycles. The number of carbonyl (C=O) groups is 3. The zero-order valence-corrected chi connectivity index (χ0v) is 31.2. The van der Waals surface area contributed by atoms with Gasteiger partial charge in [0.15, 0.2) is 0 Å². The van der Waals surface area contributed by atoms with E-state index in [4.69, 9.17) is 15.5 Å². The van der Waals surface area contributed by atoms with Crippen LogP contribution in [-0.4, -0.2) is 88.0 Å². The van der Waals surface area contributed by atoms with Gasteiger partial charge in [-0.1, -0.05) is 48.5 Å². The second-order valence-corrected chi connectivity index (χ2v) is 14.9. The lowest BCUT2D eigenvalue weighted by Crippen LogP contribution is -2.50. The third kappa shape index (κ3) is 11.2. The van der Waals surface area contributed by atoms with Crippen molar-refractivity contribution in [1.29, 1.82) is 0 Å². The number of amides is 3. The number of para-hydroxylation sites is 1. The van der Waals surface area contributed by atoms with Gasteiger partial charge in [-0.15, -0.1) is 0 Å². The summed E-state index contributed by atoms with van der Waals surface area (Å²) < 4.78 is 5.64. The van der Waals surface area contributed by atoms with Crippen molar-refractivity contribution in [3.8, 4) is 0 Å². The molecule has 51 heavy (non-hydrogen) atoms. The first-order chi connectivity index (χ1) is 24.2. The van der Waals surface area contributed by atoms with Crippen LogP contribution in [0.5, 0.6) is 0 Å². The second-order valence-electron chi connectivity index (χ2n) is 14.9. The first-order valence-corrected chi connectivity index (χ1v) is 17.8. The normalized spacial score (nSPS) is 13.2.